The van der Waals surface area contributed by atoms with E-state index in [1.807, 2.05) is 32.3 Å². The van der Waals surface area contributed by atoms with Gasteiger partial charge in [0.25, 0.3) is 0 Å². The zero-order chi connectivity index (χ0) is 26.1. The van der Waals surface area contributed by atoms with Gasteiger partial charge in [-0.3, -0.25) is 9.59 Å². The van der Waals surface area contributed by atoms with Crippen LogP contribution in [0.5, 0.6) is 0 Å². The van der Waals surface area contributed by atoms with Crippen molar-refractivity contribution in [3.05, 3.63) is 23.1 Å². The summed E-state index contributed by atoms with van der Waals surface area (Å²) in [5, 5.41) is 7.79. The number of allylic oxidation sites excluding steroid dienone is 1. The standard InChI is InChI=1S/C23H38ClN3O4S.C2H6/c1-6-14-32-17(2)26-21(29)19(15-18-10-8-7-9-11-18)27(20(28)16-24)13-12-25-22(30)31-23(3,4)5;1-2/h6,14,18-19H,2,7-13,15-16H2,1,3-5H3,(H,25,30)(H,26,29);1-2H3/b14-6-;. The minimum Gasteiger partial charge on any atom is -0.444 e. The molecule has 9 heteroatoms. The molecule has 1 aliphatic carbocycles. The van der Waals surface area contributed by atoms with E-state index in [4.69, 9.17) is 16.3 Å². The van der Waals surface area contributed by atoms with Gasteiger partial charge in [-0.15, -0.1) is 11.6 Å². The molecule has 1 aliphatic rings. The van der Waals surface area contributed by atoms with Crippen LogP contribution >= 0.6 is 23.4 Å². The zero-order valence-electron chi connectivity index (χ0n) is 21.7. The summed E-state index contributed by atoms with van der Waals surface area (Å²) in [6.07, 6.45) is 7.39. The lowest BCUT2D eigenvalue weighted by Gasteiger charge is -2.34. The van der Waals surface area contributed by atoms with E-state index in [0.29, 0.717) is 17.4 Å². The van der Waals surface area contributed by atoms with Crippen molar-refractivity contribution < 1.29 is 19.1 Å². The highest BCUT2D eigenvalue weighted by molar-refractivity contribution is 8.05. The molecule has 1 unspecified atom stereocenters. The summed E-state index contributed by atoms with van der Waals surface area (Å²) in [6, 6.07) is -0.687. The van der Waals surface area contributed by atoms with Crippen LogP contribution in [0.25, 0.3) is 0 Å². The molecule has 0 bridgehead atoms. The van der Waals surface area contributed by atoms with Crippen LogP contribution in [0.1, 0.15) is 80.1 Å². The molecule has 1 saturated carbocycles. The Morgan fingerprint density at radius 2 is 1.82 bits per heavy atom. The van der Waals surface area contributed by atoms with E-state index in [2.05, 4.69) is 17.2 Å². The number of amides is 3. The molecule has 3 amide bonds. The predicted molar refractivity (Wildman–Crippen MR) is 143 cm³/mol. The summed E-state index contributed by atoms with van der Waals surface area (Å²) in [4.78, 5) is 39.3. The average Bonchev–Trinajstić information content (AvgIpc) is 2.79. The van der Waals surface area contributed by atoms with Gasteiger partial charge in [-0.2, -0.15) is 0 Å². The molecule has 0 aromatic rings. The molecule has 7 nitrogen and oxygen atoms in total. The van der Waals surface area contributed by atoms with Crippen LogP contribution in [0.3, 0.4) is 0 Å². The van der Waals surface area contributed by atoms with Gasteiger partial charge in [0.15, 0.2) is 0 Å². The first-order valence-corrected chi connectivity index (χ1v) is 13.6. The maximum atomic E-state index is 13.2. The minimum absolute atomic E-state index is 0.153. The van der Waals surface area contributed by atoms with Crippen LogP contribution in [-0.4, -0.2) is 53.4 Å². The quantitative estimate of drug-likeness (QED) is 0.338. The summed E-state index contributed by atoms with van der Waals surface area (Å²) in [6.45, 7) is 15.4. The normalized spacial score (nSPS) is 15.0. The Morgan fingerprint density at radius 1 is 1.21 bits per heavy atom. The molecule has 1 fully saturated rings. The van der Waals surface area contributed by atoms with Crippen molar-refractivity contribution in [2.75, 3.05) is 19.0 Å². The number of alkyl halides is 1. The van der Waals surface area contributed by atoms with E-state index in [9.17, 15) is 14.4 Å². The van der Waals surface area contributed by atoms with Crippen LogP contribution in [-0.2, 0) is 14.3 Å². The Kier molecular flexibility index (Phi) is 16.8. The molecule has 0 aromatic carbocycles. The van der Waals surface area contributed by atoms with Crippen molar-refractivity contribution in [2.45, 2.75) is 91.7 Å². The molecular weight excluding hydrogens is 474 g/mol. The highest BCUT2D eigenvalue weighted by Crippen LogP contribution is 2.29. The van der Waals surface area contributed by atoms with Crippen molar-refractivity contribution >= 4 is 41.3 Å². The first-order valence-electron chi connectivity index (χ1n) is 12.2. The molecule has 1 rings (SSSR count). The van der Waals surface area contributed by atoms with Crippen molar-refractivity contribution in [3.8, 4) is 0 Å². The van der Waals surface area contributed by atoms with Crippen LogP contribution in [0.15, 0.2) is 23.1 Å². The molecule has 0 saturated heterocycles. The lowest BCUT2D eigenvalue weighted by atomic mass is 9.84. The van der Waals surface area contributed by atoms with Crippen molar-refractivity contribution in [3.63, 3.8) is 0 Å². The lowest BCUT2D eigenvalue weighted by Crippen LogP contribution is -2.52. The number of hydrogen-bond donors (Lipinski definition) is 2. The van der Waals surface area contributed by atoms with Crippen molar-refractivity contribution in [1.29, 1.82) is 0 Å². The first-order chi connectivity index (χ1) is 16.1. The van der Waals surface area contributed by atoms with Gasteiger partial charge in [-0.25, -0.2) is 4.79 Å². The fourth-order valence-corrected chi connectivity index (χ4v) is 4.25. The highest BCUT2D eigenvalue weighted by Gasteiger charge is 2.32. The van der Waals surface area contributed by atoms with Crippen LogP contribution < -0.4 is 10.6 Å². The Bertz CT molecular complexity index is 674. The molecule has 1 atom stereocenters. The minimum atomic E-state index is -0.687. The Morgan fingerprint density at radius 3 is 2.35 bits per heavy atom. The first kappa shape index (κ1) is 32.3. The SMILES string of the molecule is C=C(NC(=O)C(CC1CCCCC1)N(CCNC(=O)OC(C)(C)C)C(=O)CCl)S/C=C\C.CC. The number of carbonyl (C=O) groups excluding carboxylic acids is 3. The monoisotopic (exact) mass is 517 g/mol. The van der Waals surface area contributed by atoms with Gasteiger partial charge in [0.1, 0.15) is 17.5 Å². The second-order valence-corrected chi connectivity index (χ2v) is 10.2. The number of alkyl carbamates (subject to hydrolysis) is 1. The average molecular weight is 518 g/mol. The largest absolute Gasteiger partial charge is 0.444 e. The topological polar surface area (TPSA) is 87.7 Å². The van der Waals surface area contributed by atoms with E-state index in [1.54, 1.807) is 20.8 Å². The number of carbonyl (C=O) groups is 3. The highest BCUT2D eigenvalue weighted by atomic mass is 35.5. The predicted octanol–water partition coefficient (Wildman–Crippen LogP) is 5.80. The molecule has 0 aromatic heterocycles. The third-order valence-electron chi connectivity index (χ3n) is 5.02. The third kappa shape index (κ3) is 13.9. The van der Waals surface area contributed by atoms with E-state index >= 15 is 0 Å². The van der Waals surface area contributed by atoms with Crippen LogP contribution in [0.4, 0.5) is 4.79 Å². The number of hydrogen-bond acceptors (Lipinski definition) is 5. The smallest absolute Gasteiger partial charge is 0.407 e. The molecule has 2 N–H and O–H groups in total. The van der Waals surface area contributed by atoms with Gasteiger partial charge in [0, 0.05) is 13.1 Å². The van der Waals surface area contributed by atoms with Gasteiger partial charge < -0.3 is 20.3 Å². The van der Waals surface area contributed by atoms with Crippen molar-refractivity contribution in [1.82, 2.24) is 15.5 Å². The molecule has 34 heavy (non-hydrogen) atoms. The number of nitrogens with zero attached hydrogens (tertiary/aromatic N) is 1. The molecule has 196 valence electrons. The number of nitrogens with one attached hydrogen (secondary N) is 2. The molecule has 0 heterocycles. The summed E-state index contributed by atoms with van der Waals surface area (Å²) >= 11 is 7.19. The fourth-order valence-electron chi connectivity index (χ4n) is 3.64. The number of halogens is 1. The maximum absolute atomic E-state index is 13.2. The second kappa shape index (κ2) is 17.7. The van der Waals surface area contributed by atoms with E-state index in [-0.39, 0.29) is 30.8 Å². The van der Waals surface area contributed by atoms with Gasteiger partial charge in [-0.05, 0) is 45.4 Å². The van der Waals surface area contributed by atoms with Crippen LogP contribution in [0, 0.1) is 5.92 Å². The van der Waals surface area contributed by atoms with Crippen molar-refractivity contribution in [2.24, 2.45) is 5.92 Å². The van der Waals surface area contributed by atoms with E-state index in [0.717, 1.165) is 25.7 Å². The molecule has 0 spiro atoms. The van der Waals surface area contributed by atoms with E-state index in [1.165, 1.54) is 23.1 Å². The molecule has 0 aliphatic heterocycles. The number of ether oxygens (including phenoxy) is 1. The van der Waals surface area contributed by atoms with Gasteiger partial charge in [0.05, 0.1) is 5.03 Å². The molecular formula is C25H44ClN3O4S. The van der Waals surface area contributed by atoms with E-state index < -0.39 is 17.7 Å². The van der Waals surface area contributed by atoms with Gasteiger partial charge in [0.2, 0.25) is 11.8 Å². The summed E-state index contributed by atoms with van der Waals surface area (Å²) < 4.78 is 5.25. The maximum Gasteiger partial charge on any atom is 0.407 e. The number of thioether (sulfide) groups is 1. The van der Waals surface area contributed by atoms with Crippen LogP contribution in [0.2, 0.25) is 0 Å². The Labute approximate surface area is 215 Å². The van der Waals surface area contributed by atoms with Gasteiger partial charge in [-0.1, -0.05) is 70.4 Å². The number of rotatable bonds is 11. The zero-order valence-corrected chi connectivity index (χ0v) is 23.3. The second-order valence-electron chi connectivity index (χ2n) is 8.90. The fraction of sp³-hybridized carbons (Fsp3) is 0.720. The lowest BCUT2D eigenvalue weighted by molar-refractivity contribution is -0.139. The molecule has 0 radical (unpaired) electrons. The summed E-state index contributed by atoms with van der Waals surface area (Å²) in [5.41, 5.74) is -0.621. The summed E-state index contributed by atoms with van der Waals surface area (Å²) in [5.74, 6) is -0.510. The Balaban J connectivity index is 0.00000529. The summed E-state index contributed by atoms with van der Waals surface area (Å²) in [7, 11) is 0. The Hall–Kier alpha value is -1.67. The van der Waals surface area contributed by atoms with Gasteiger partial charge >= 0.3 is 6.09 Å². The third-order valence-corrected chi connectivity index (χ3v) is 6.05.